The number of allylic oxidation sites excluding steroid dienone is 1. The van der Waals surface area contributed by atoms with Crippen LogP contribution in [0.1, 0.15) is 44.2 Å². The normalized spacial score (nSPS) is 13.2. The highest BCUT2D eigenvalue weighted by atomic mass is 16.5. The Hall–Kier alpha value is -1.57. The fraction of sp³-hybridized carbons (Fsp3) is 0.438. The molecule has 0 N–H and O–H groups in total. The second kappa shape index (κ2) is 7.70. The Bertz CT molecular complexity index is 407. The molecule has 0 amide bonds. The molecule has 0 aromatic heterocycles. The fourth-order valence-corrected chi connectivity index (χ4v) is 1.83. The molecule has 1 radical (unpaired) electrons. The monoisotopic (exact) mass is 245 g/mol. The number of aryl methyl sites for hydroxylation is 1. The lowest BCUT2D eigenvalue weighted by molar-refractivity contribution is 0.118. The van der Waals surface area contributed by atoms with Gasteiger partial charge in [-0.25, -0.2) is 0 Å². The number of ether oxygens (including phenoxy) is 1. The standard InChI is InChI=1S/C16H21O2/c1-4-8-15(5-2)18-16(12-17)11-14-10-7-6-9-13(14)3/h6-7,9-11,15H,4-5,8H2,1-3H3. The maximum atomic E-state index is 11.0. The predicted octanol–water partition coefficient (Wildman–Crippen LogP) is 4.04. The zero-order chi connectivity index (χ0) is 13.4. The van der Waals surface area contributed by atoms with Crippen LogP contribution in [-0.2, 0) is 9.53 Å². The predicted molar refractivity (Wildman–Crippen MR) is 74.9 cm³/mol. The Kier molecular flexibility index (Phi) is 6.20. The van der Waals surface area contributed by atoms with E-state index in [1.807, 2.05) is 37.5 Å². The maximum absolute atomic E-state index is 11.0. The Morgan fingerprint density at radius 3 is 2.67 bits per heavy atom. The first-order valence-electron chi connectivity index (χ1n) is 6.53. The lowest BCUT2D eigenvalue weighted by atomic mass is 10.1. The molecule has 0 fully saturated rings. The highest BCUT2D eigenvalue weighted by Gasteiger charge is 2.09. The molecule has 0 aliphatic rings. The van der Waals surface area contributed by atoms with Gasteiger partial charge >= 0.3 is 0 Å². The molecule has 1 atom stereocenters. The van der Waals surface area contributed by atoms with Crippen LogP contribution in [0.25, 0.3) is 6.08 Å². The summed E-state index contributed by atoms with van der Waals surface area (Å²) in [6.45, 7) is 6.19. The van der Waals surface area contributed by atoms with Gasteiger partial charge in [-0.3, -0.25) is 4.79 Å². The van der Waals surface area contributed by atoms with Crippen molar-refractivity contribution in [3.63, 3.8) is 0 Å². The van der Waals surface area contributed by atoms with Crippen LogP contribution in [0.5, 0.6) is 0 Å². The fourth-order valence-electron chi connectivity index (χ4n) is 1.83. The quantitative estimate of drug-likeness (QED) is 0.535. The van der Waals surface area contributed by atoms with Crippen molar-refractivity contribution in [1.29, 1.82) is 0 Å². The summed E-state index contributed by atoms with van der Waals surface area (Å²) in [4.78, 5) is 11.0. The van der Waals surface area contributed by atoms with Gasteiger partial charge in [-0.2, -0.15) is 0 Å². The van der Waals surface area contributed by atoms with Crippen molar-refractivity contribution in [1.82, 2.24) is 0 Å². The summed E-state index contributed by atoms with van der Waals surface area (Å²) in [7, 11) is 0. The molecule has 1 aromatic carbocycles. The molecule has 1 unspecified atom stereocenters. The highest BCUT2D eigenvalue weighted by molar-refractivity contribution is 5.80. The number of benzene rings is 1. The van der Waals surface area contributed by atoms with Gasteiger partial charge in [-0.1, -0.05) is 44.5 Å². The van der Waals surface area contributed by atoms with Gasteiger partial charge in [0.25, 0.3) is 6.29 Å². The van der Waals surface area contributed by atoms with Gasteiger partial charge in [0.05, 0.1) is 6.10 Å². The minimum absolute atomic E-state index is 0.103. The second-order valence-corrected chi connectivity index (χ2v) is 4.40. The van der Waals surface area contributed by atoms with E-state index in [1.54, 1.807) is 6.08 Å². The number of hydrogen-bond acceptors (Lipinski definition) is 2. The largest absolute Gasteiger partial charge is 0.486 e. The Labute approximate surface area is 110 Å². The van der Waals surface area contributed by atoms with Gasteiger partial charge in [-0.15, -0.1) is 0 Å². The van der Waals surface area contributed by atoms with E-state index in [4.69, 9.17) is 4.74 Å². The van der Waals surface area contributed by atoms with Gasteiger partial charge in [-0.05, 0) is 37.0 Å². The third-order valence-corrected chi connectivity index (χ3v) is 2.94. The molecule has 0 saturated carbocycles. The van der Waals surface area contributed by atoms with Crippen molar-refractivity contribution >= 4 is 12.4 Å². The minimum atomic E-state index is 0.103. The molecule has 1 aromatic rings. The van der Waals surface area contributed by atoms with Crippen LogP contribution in [-0.4, -0.2) is 12.4 Å². The van der Waals surface area contributed by atoms with Crippen molar-refractivity contribution < 1.29 is 9.53 Å². The highest BCUT2D eigenvalue weighted by Crippen LogP contribution is 2.15. The molecule has 1 rings (SSSR count). The lowest BCUT2D eigenvalue weighted by Crippen LogP contribution is -2.11. The average molecular weight is 245 g/mol. The maximum Gasteiger partial charge on any atom is 0.271 e. The molecule has 0 saturated heterocycles. The average Bonchev–Trinajstić information content (AvgIpc) is 2.39. The minimum Gasteiger partial charge on any atom is -0.486 e. The third kappa shape index (κ3) is 4.36. The first kappa shape index (κ1) is 14.5. The van der Waals surface area contributed by atoms with Gasteiger partial charge < -0.3 is 4.74 Å². The third-order valence-electron chi connectivity index (χ3n) is 2.94. The summed E-state index contributed by atoms with van der Waals surface area (Å²) in [5.41, 5.74) is 2.12. The van der Waals surface area contributed by atoms with E-state index in [0.717, 1.165) is 30.4 Å². The van der Waals surface area contributed by atoms with E-state index >= 15 is 0 Å². The lowest BCUT2D eigenvalue weighted by Gasteiger charge is -2.16. The molecule has 97 valence electrons. The van der Waals surface area contributed by atoms with Crippen LogP contribution in [0.4, 0.5) is 0 Å². The van der Waals surface area contributed by atoms with Crippen LogP contribution < -0.4 is 0 Å². The smallest absolute Gasteiger partial charge is 0.271 e. The molecule has 0 spiro atoms. The Morgan fingerprint density at radius 2 is 2.11 bits per heavy atom. The van der Waals surface area contributed by atoms with Gasteiger partial charge in [0, 0.05) is 0 Å². The SMILES string of the molecule is CCCC(CC)OC([C]=O)=Cc1ccccc1C. The van der Waals surface area contributed by atoms with Gasteiger partial charge in [0.1, 0.15) is 0 Å². The van der Waals surface area contributed by atoms with E-state index in [2.05, 4.69) is 13.8 Å². The van der Waals surface area contributed by atoms with E-state index in [9.17, 15) is 4.79 Å². The Balaban J connectivity index is 2.83. The van der Waals surface area contributed by atoms with E-state index in [0.29, 0.717) is 5.76 Å². The van der Waals surface area contributed by atoms with Crippen LogP contribution in [0.3, 0.4) is 0 Å². The van der Waals surface area contributed by atoms with Crippen molar-refractivity contribution in [3.8, 4) is 0 Å². The first-order valence-corrected chi connectivity index (χ1v) is 6.53. The molecule has 2 nitrogen and oxygen atoms in total. The topological polar surface area (TPSA) is 26.3 Å². The summed E-state index contributed by atoms with van der Waals surface area (Å²) in [6.07, 6.45) is 6.67. The molecule has 0 aliphatic carbocycles. The van der Waals surface area contributed by atoms with E-state index in [1.165, 1.54) is 0 Å². The zero-order valence-electron chi connectivity index (χ0n) is 11.4. The summed E-state index contributed by atoms with van der Waals surface area (Å²) >= 11 is 0. The molecular weight excluding hydrogens is 224 g/mol. The van der Waals surface area contributed by atoms with Crippen LogP contribution in [0.2, 0.25) is 0 Å². The van der Waals surface area contributed by atoms with Crippen LogP contribution >= 0.6 is 0 Å². The Morgan fingerprint density at radius 1 is 1.39 bits per heavy atom. The van der Waals surface area contributed by atoms with Crippen molar-refractivity contribution in [2.75, 3.05) is 0 Å². The van der Waals surface area contributed by atoms with Crippen molar-refractivity contribution in [2.45, 2.75) is 46.1 Å². The van der Waals surface area contributed by atoms with Crippen LogP contribution in [0, 0.1) is 6.92 Å². The second-order valence-electron chi connectivity index (χ2n) is 4.40. The molecule has 18 heavy (non-hydrogen) atoms. The van der Waals surface area contributed by atoms with Gasteiger partial charge in [0.2, 0.25) is 0 Å². The summed E-state index contributed by atoms with van der Waals surface area (Å²) < 4.78 is 5.69. The number of carbonyl (C=O) groups excluding carboxylic acids is 1. The van der Waals surface area contributed by atoms with Crippen molar-refractivity contribution in [2.24, 2.45) is 0 Å². The van der Waals surface area contributed by atoms with Crippen LogP contribution in [0.15, 0.2) is 30.0 Å². The summed E-state index contributed by atoms with van der Waals surface area (Å²) in [5.74, 6) is 0.296. The molecule has 0 bridgehead atoms. The molecule has 0 aliphatic heterocycles. The summed E-state index contributed by atoms with van der Waals surface area (Å²) in [6, 6.07) is 7.91. The molecule has 2 heteroatoms. The van der Waals surface area contributed by atoms with Crippen molar-refractivity contribution in [3.05, 3.63) is 41.2 Å². The first-order chi connectivity index (χ1) is 8.71. The molecular formula is C16H21O2. The summed E-state index contributed by atoms with van der Waals surface area (Å²) in [5, 5.41) is 0. The van der Waals surface area contributed by atoms with E-state index in [-0.39, 0.29) is 6.10 Å². The zero-order valence-corrected chi connectivity index (χ0v) is 11.4. The van der Waals surface area contributed by atoms with Gasteiger partial charge in [0.15, 0.2) is 5.76 Å². The number of hydrogen-bond donors (Lipinski definition) is 0. The van der Waals surface area contributed by atoms with E-state index < -0.39 is 0 Å². The number of rotatable bonds is 7. The molecule has 0 heterocycles.